The van der Waals surface area contributed by atoms with Crippen LogP contribution in [-0.2, 0) is 7.05 Å². The van der Waals surface area contributed by atoms with Gasteiger partial charge in [0.05, 0.1) is 16.8 Å². The molecular weight excluding hydrogens is 572 g/mol. The number of aromatic nitrogens is 3. The number of hydrogen-bond acceptors (Lipinski definition) is 6. The summed E-state index contributed by atoms with van der Waals surface area (Å²) in [5, 5.41) is 8.50. The standard InChI is InChI=1S/C39H26N4O3/c1-42-20-18-31(41-42)25-21-30-28-13-5-7-15-32(28)46-39(30)36(22-25)45-35-24-27(23-34-38(35)29-14-6-8-16-33(29)44-34)43(26-11-3-2-4-12-26)37-17-9-10-19-40-37/h2-24H,1H3. The molecule has 4 aromatic heterocycles. The number of fused-ring (bicyclic) bond motifs is 6. The molecule has 0 atom stereocenters. The first kappa shape index (κ1) is 26.1. The first-order valence-electron chi connectivity index (χ1n) is 15.0. The molecule has 0 aliphatic rings. The largest absolute Gasteiger partial charge is 0.456 e. The van der Waals surface area contributed by atoms with Gasteiger partial charge in [0.1, 0.15) is 28.3 Å². The van der Waals surface area contributed by atoms with Crippen molar-refractivity contribution in [3.8, 4) is 22.8 Å². The van der Waals surface area contributed by atoms with Crippen molar-refractivity contribution < 1.29 is 13.6 Å². The van der Waals surface area contributed by atoms with Gasteiger partial charge in [-0.05, 0) is 54.6 Å². The van der Waals surface area contributed by atoms with Crippen LogP contribution in [0.25, 0.3) is 55.1 Å². The van der Waals surface area contributed by atoms with Crippen LogP contribution in [0.1, 0.15) is 0 Å². The molecule has 4 heterocycles. The average molecular weight is 599 g/mol. The Morgan fingerprint density at radius 1 is 0.630 bits per heavy atom. The van der Waals surface area contributed by atoms with Crippen molar-refractivity contribution in [1.29, 1.82) is 0 Å². The molecule has 9 aromatic rings. The molecule has 0 spiro atoms. The van der Waals surface area contributed by atoms with Gasteiger partial charge in [0.2, 0.25) is 0 Å². The first-order valence-corrected chi connectivity index (χ1v) is 15.0. The molecule has 0 unspecified atom stereocenters. The Balaban J connectivity index is 1.31. The van der Waals surface area contributed by atoms with Gasteiger partial charge in [0.25, 0.3) is 0 Å². The van der Waals surface area contributed by atoms with Gasteiger partial charge in [-0.2, -0.15) is 5.10 Å². The van der Waals surface area contributed by atoms with Crippen molar-refractivity contribution in [2.24, 2.45) is 7.05 Å². The fraction of sp³-hybridized carbons (Fsp3) is 0.0256. The average Bonchev–Trinajstić information content (AvgIpc) is 3.81. The van der Waals surface area contributed by atoms with Crippen molar-refractivity contribution in [2.75, 3.05) is 4.90 Å². The van der Waals surface area contributed by atoms with Crippen LogP contribution in [0.2, 0.25) is 0 Å². The first-order chi connectivity index (χ1) is 22.7. The van der Waals surface area contributed by atoms with E-state index in [-0.39, 0.29) is 0 Å². The van der Waals surface area contributed by atoms with Gasteiger partial charge in [0, 0.05) is 59.0 Å². The van der Waals surface area contributed by atoms with E-state index in [1.165, 1.54) is 0 Å². The molecule has 0 aliphatic carbocycles. The number of aryl methyl sites for hydroxylation is 1. The molecule has 0 radical (unpaired) electrons. The maximum absolute atomic E-state index is 7.00. The van der Waals surface area contributed by atoms with E-state index >= 15 is 0 Å². The molecule has 7 nitrogen and oxygen atoms in total. The second kappa shape index (κ2) is 10.4. The van der Waals surface area contributed by atoms with Crippen LogP contribution in [-0.4, -0.2) is 14.8 Å². The maximum atomic E-state index is 7.00. The van der Waals surface area contributed by atoms with Gasteiger partial charge >= 0.3 is 0 Å². The number of furan rings is 2. The third kappa shape index (κ3) is 4.29. The predicted molar refractivity (Wildman–Crippen MR) is 182 cm³/mol. The molecule has 0 saturated heterocycles. The highest BCUT2D eigenvalue weighted by atomic mass is 16.5. The number of ether oxygens (including phenoxy) is 1. The molecule has 0 saturated carbocycles. The molecule has 0 aliphatic heterocycles. The van der Waals surface area contributed by atoms with Gasteiger partial charge < -0.3 is 13.6 Å². The zero-order valence-corrected chi connectivity index (χ0v) is 24.8. The van der Waals surface area contributed by atoms with Crippen LogP contribution in [0.4, 0.5) is 17.2 Å². The zero-order chi connectivity index (χ0) is 30.6. The summed E-state index contributed by atoms with van der Waals surface area (Å²) in [6, 6.07) is 42.3. The maximum Gasteiger partial charge on any atom is 0.177 e. The van der Waals surface area contributed by atoms with Gasteiger partial charge in [-0.15, -0.1) is 0 Å². The summed E-state index contributed by atoms with van der Waals surface area (Å²) in [6.45, 7) is 0. The molecule has 0 fully saturated rings. The normalized spacial score (nSPS) is 11.6. The van der Waals surface area contributed by atoms with Crippen molar-refractivity contribution in [3.63, 3.8) is 0 Å². The van der Waals surface area contributed by atoms with Crippen molar-refractivity contribution in [3.05, 3.63) is 140 Å². The highest BCUT2D eigenvalue weighted by Gasteiger charge is 2.22. The Kier molecular flexibility index (Phi) is 5.89. The molecule has 5 aromatic carbocycles. The lowest BCUT2D eigenvalue weighted by atomic mass is 10.1. The monoisotopic (exact) mass is 598 g/mol. The fourth-order valence-corrected chi connectivity index (χ4v) is 6.20. The number of nitrogens with zero attached hydrogens (tertiary/aromatic N) is 4. The summed E-state index contributed by atoms with van der Waals surface area (Å²) in [4.78, 5) is 6.81. The SMILES string of the molecule is Cn1ccc(-c2cc(Oc3cc(N(c4ccccc4)c4ccccn4)cc4oc5ccccc5c34)c3oc4ccccc4c3c2)n1. The van der Waals surface area contributed by atoms with E-state index in [1.54, 1.807) is 10.9 Å². The lowest BCUT2D eigenvalue weighted by molar-refractivity contribution is 0.482. The zero-order valence-electron chi connectivity index (χ0n) is 24.8. The molecule has 9 rings (SSSR count). The summed E-state index contributed by atoms with van der Waals surface area (Å²) in [5.74, 6) is 1.99. The third-order valence-corrected chi connectivity index (χ3v) is 8.25. The van der Waals surface area contributed by atoms with E-state index in [4.69, 9.17) is 18.6 Å². The molecular formula is C39H26N4O3. The second-order valence-corrected chi connectivity index (χ2v) is 11.2. The van der Waals surface area contributed by atoms with Crippen LogP contribution < -0.4 is 9.64 Å². The van der Waals surface area contributed by atoms with Crippen LogP contribution >= 0.6 is 0 Å². The van der Waals surface area contributed by atoms with Crippen molar-refractivity contribution in [2.45, 2.75) is 0 Å². The minimum Gasteiger partial charge on any atom is -0.456 e. The van der Waals surface area contributed by atoms with E-state index in [0.29, 0.717) is 22.7 Å². The molecule has 220 valence electrons. The molecule has 7 heteroatoms. The van der Waals surface area contributed by atoms with E-state index in [1.807, 2.05) is 110 Å². The Morgan fingerprint density at radius 2 is 1.39 bits per heavy atom. The Morgan fingerprint density at radius 3 is 2.17 bits per heavy atom. The molecule has 0 bridgehead atoms. The fourth-order valence-electron chi connectivity index (χ4n) is 6.20. The van der Waals surface area contributed by atoms with E-state index in [2.05, 4.69) is 40.3 Å². The highest BCUT2D eigenvalue weighted by Crippen LogP contribution is 2.46. The van der Waals surface area contributed by atoms with E-state index in [9.17, 15) is 0 Å². The highest BCUT2D eigenvalue weighted by molar-refractivity contribution is 6.11. The molecule has 0 N–H and O–H groups in total. The van der Waals surface area contributed by atoms with Crippen molar-refractivity contribution >= 4 is 61.1 Å². The lowest BCUT2D eigenvalue weighted by Crippen LogP contribution is -2.11. The van der Waals surface area contributed by atoms with Gasteiger partial charge in [-0.3, -0.25) is 9.58 Å². The van der Waals surface area contributed by atoms with E-state index < -0.39 is 0 Å². The third-order valence-electron chi connectivity index (χ3n) is 8.25. The van der Waals surface area contributed by atoms with Gasteiger partial charge in [0.15, 0.2) is 11.3 Å². The number of rotatable bonds is 6. The number of pyridine rings is 1. The second-order valence-electron chi connectivity index (χ2n) is 11.2. The predicted octanol–water partition coefficient (Wildman–Crippen LogP) is 10.5. The quantitative estimate of drug-likeness (QED) is 0.190. The minimum atomic E-state index is 0.585. The van der Waals surface area contributed by atoms with Crippen LogP contribution in [0.5, 0.6) is 11.5 Å². The van der Waals surface area contributed by atoms with Crippen molar-refractivity contribution in [1.82, 2.24) is 14.8 Å². The number of hydrogen-bond donors (Lipinski definition) is 0. The summed E-state index contributed by atoms with van der Waals surface area (Å²) in [7, 11) is 1.92. The summed E-state index contributed by atoms with van der Waals surface area (Å²) in [5.41, 5.74) is 6.51. The molecule has 0 amide bonds. The Bertz CT molecular complexity index is 2490. The van der Waals surface area contributed by atoms with E-state index in [0.717, 1.165) is 61.2 Å². The summed E-state index contributed by atoms with van der Waals surface area (Å²) in [6.07, 6.45) is 3.73. The number of anilines is 3. The topological polar surface area (TPSA) is 69.5 Å². The Labute approximate surface area is 263 Å². The number of para-hydroxylation sites is 3. The Hall–Kier alpha value is -6.34. The van der Waals surface area contributed by atoms with Crippen LogP contribution in [0.15, 0.2) is 149 Å². The minimum absolute atomic E-state index is 0.585. The lowest BCUT2D eigenvalue weighted by Gasteiger charge is -2.24. The van der Waals surface area contributed by atoms with Gasteiger partial charge in [-0.25, -0.2) is 4.98 Å². The summed E-state index contributed by atoms with van der Waals surface area (Å²) >= 11 is 0. The molecule has 46 heavy (non-hydrogen) atoms. The number of benzene rings is 5. The van der Waals surface area contributed by atoms with Crippen LogP contribution in [0, 0.1) is 0 Å². The smallest absolute Gasteiger partial charge is 0.177 e. The summed E-state index contributed by atoms with van der Waals surface area (Å²) < 4.78 is 21.7. The van der Waals surface area contributed by atoms with Crippen LogP contribution in [0.3, 0.4) is 0 Å². The van der Waals surface area contributed by atoms with Gasteiger partial charge in [-0.1, -0.05) is 60.7 Å².